The van der Waals surface area contributed by atoms with Gasteiger partial charge in [0.15, 0.2) is 0 Å². The highest BCUT2D eigenvalue weighted by Crippen LogP contribution is 2.41. The maximum atomic E-state index is 12.5. The van der Waals surface area contributed by atoms with Crippen LogP contribution in [0.25, 0.3) is 0 Å². The largest absolute Gasteiger partial charge is 0.466 e. The first-order chi connectivity index (χ1) is 10.6. The summed E-state index contributed by atoms with van der Waals surface area (Å²) in [5, 5.41) is 2.52. The number of thiophene rings is 1. The van der Waals surface area contributed by atoms with Gasteiger partial charge in [0.25, 0.3) is 0 Å². The SMILES string of the molecule is COC(=O)[C@@](Cl)(c1ccccc1Cl)N1CCc2sccc2C1. The van der Waals surface area contributed by atoms with Gasteiger partial charge < -0.3 is 4.74 Å². The van der Waals surface area contributed by atoms with Crippen LogP contribution in [0.2, 0.25) is 5.02 Å². The maximum Gasteiger partial charge on any atom is 0.346 e. The number of esters is 1. The highest BCUT2D eigenvalue weighted by Gasteiger charge is 2.47. The van der Waals surface area contributed by atoms with Gasteiger partial charge in [0.1, 0.15) is 0 Å². The van der Waals surface area contributed by atoms with Crippen LogP contribution < -0.4 is 0 Å². The van der Waals surface area contributed by atoms with Gasteiger partial charge in [0, 0.05) is 28.6 Å². The number of fused-ring (bicyclic) bond motifs is 1. The van der Waals surface area contributed by atoms with E-state index < -0.39 is 11.0 Å². The van der Waals surface area contributed by atoms with Crippen LogP contribution in [0, 0.1) is 0 Å². The molecule has 0 saturated carbocycles. The van der Waals surface area contributed by atoms with Crippen LogP contribution in [0.15, 0.2) is 35.7 Å². The third kappa shape index (κ3) is 2.54. The van der Waals surface area contributed by atoms with E-state index in [4.69, 9.17) is 27.9 Å². The third-order valence-electron chi connectivity index (χ3n) is 3.93. The second-order valence-corrected chi connectivity index (χ2v) is 7.09. The van der Waals surface area contributed by atoms with Crippen molar-refractivity contribution in [2.45, 2.75) is 18.0 Å². The normalized spacial score (nSPS) is 17.6. The molecule has 0 unspecified atom stereocenters. The van der Waals surface area contributed by atoms with Crippen LogP contribution in [0.5, 0.6) is 0 Å². The van der Waals surface area contributed by atoms with Gasteiger partial charge in [0.05, 0.1) is 7.11 Å². The lowest BCUT2D eigenvalue weighted by molar-refractivity contribution is -0.150. The van der Waals surface area contributed by atoms with Crippen LogP contribution in [0.3, 0.4) is 0 Å². The second kappa shape index (κ2) is 6.20. The van der Waals surface area contributed by atoms with Gasteiger partial charge in [-0.2, -0.15) is 0 Å². The number of alkyl halides is 1. The zero-order chi connectivity index (χ0) is 15.7. The fourth-order valence-electron chi connectivity index (χ4n) is 2.79. The first kappa shape index (κ1) is 15.8. The van der Waals surface area contributed by atoms with Crippen molar-refractivity contribution in [3.05, 3.63) is 56.7 Å². The minimum absolute atomic E-state index is 0.457. The highest BCUT2D eigenvalue weighted by molar-refractivity contribution is 7.10. The van der Waals surface area contributed by atoms with Crippen molar-refractivity contribution >= 4 is 40.5 Å². The standard InChI is InChI=1S/C16H15Cl2NO2S/c1-21-15(20)16(18,12-4-2-3-5-13(12)17)19-8-6-14-11(10-19)7-9-22-14/h2-5,7,9H,6,8,10H2,1H3/t16-/m1/s1. The van der Waals surface area contributed by atoms with E-state index in [0.29, 0.717) is 23.7 Å². The van der Waals surface area contributed by atoms with Gasteiger partial charge in [-0.1, -0.05) is 41.4 Å². The fourth-order valence-corrected chi connectivity index (χ4v) is 4.38. The summed E-state index contributed by atoms with van der Waals surface area (Å²) in [5.74, 6) is -0.513. The minimum Gasteiger partial charge on any atom is -0.466 e. The number of nitrogens with zero attached hydrogens (tertiary/aromatic N) is 1. The van der Waals surface area contributed by atoms with Crippen molar-refractivity contribution in [1.29, 1.82) is 0 Å². The number of hydrogen-bond acceptors (Lipinski definition) is 4. The molecule has 2 aromatic rings. The Labute approximate surface area is 143 Å². The average Bonchev–Trinajstić information content (AvgIpc) is 3.01. The number of halogens is 2. The van der Waals surface area contributed by atoms with Crippen molar-refractivity contribution in [1.82, 2.24) is 4.90 Å². The van der Waals surface area contributed by atoms with Crippen molar-refractivity contribution in [2.75, 3.05) is 13.7 Å². The predicted octanol–water partition coefficient (Wildman–Crippen LogP) is 4.02. The zero-order valence-corrected chi connectivity index (χ0v) is 14.3. The molecule has 0 N–H and O–H groups in total. The quantitative estimate of drug-likeness (QED) is 0.473. The van der Waals surface area contributed by atoms with E-state index in [1.807, 2.05) is 17.0 Å². The Hall–Kier alpha value is -1.07. The molecule has 0 saturated heterocycles. The van der Waals surface area contributed by atoms with Crippen molar-refractivity contribution < 1.29 is 9.53 Å². The first-order valence-electron chi connectivity index (χ1n) is 6.90. The van der Waals surface area contributed by atoms with Crippen LogP contribution in [0.4, 0.5) is 0 Å². The van der Waals surface area contributed by atoms with E-state index in [9.17, 15) is 4.79 Å². The molecule has 1 atom stereocenters. The van der Waals surface area contributed by atoms with E-state index in [2.05, 4.69) is 11.4 Å². The smallest absolute Gasteiger partial charge is 0.346 e. The molecular weight excluding hydrogens is 341 g/mol. The molecule has 116 valence electrons. The Morgan fingerprint density at radius 2 is 2.14 bits per heavy atom. The molecule has 0 fully saturated rings. The van der Waals surface area contributed by atoms with Crippen molar-refractivity contribution in [3.8, 4) is 0 Å². The van der Waals surface area contributed by atoms with Gasteiger partial charge in [-0.05, 0) is 29.5 Å². The van der Waals surface area contributed by atoms with Crippen LogP contribution in [0.1, 0.15) is 16.0 Å². The number of carbonyl (C=O) groups is 1. The van der Waals surface area contributed by atoms with Crippen LogP contribution in [-0.4, -0.2) is 24.5 Å². The van der Waals surface area contributed by atoms with Crippen LogP contribution >= 0.6 is 34.5 Å². The lowest BCUT2D eigenvalue weighted by atomic mass is 10.0. The van der Waals surface area contributed by atoms with E-state index >= 15 is 0 Å². The topological polar surface area (TPSA) is 29.5 Å². The Morgan fingerprint density at radius 1 is 1.36 bits per heavy atom. The third-order valence-corrected chi connectivity index (χ3v) is 5.88. The minimum atomic E-state index is -1.41. The first-order valence-corrected chi connectivity index (χ1v) is 8.53. The molecule has 22 heavy (non-hydrogen) atoms. The molecule has 1 aliphatic rings. The monoisotopic (exact) mass is 355 g/mol. The summed E-state index contributed by atoms with van der Waals surface area (Å²) in [6.45, 7) is 1.28. The summed E-state index contributed by atoms with van der Waals surface area (Å²) in [6, 6.07) is 9.22. The summed E-state index contributed by atoms with van der Waals surface area (Å²) in [5.41, 5.74) is 1.76. The molecule has 3 nitrogen and oxygen atoms in total. The average molecular weight is 356 g/mol. The zero-order valence-electron chi connectivity index (χ0n) is 12.0. The van der Waals surface area contributed by atoms with E-state index in [-0.39, 0.29) is 0 Å². The molecule has 1 aromatic heterocycles. The van der Waals surface area contributed by atoms with Gasteiger partial charge in [-0.25, -0.2) is 4.79 Å². The molecular formula is C16H15Cl2NO2S. The Morgan fingerprint density at radius 3 is 2.86 bits per heavy atom. The molecule has 0 spiro atoms. The van der Waals surface area contributed by atoms with Crippen LogP contribution in [-0.2, 0) is 27.5 Å². The summed E-state index contributed by atoms with van der Waals surface area (Å²) in [6.07, 6.45) is 0.864. The molecule has 0 radical (unpaired) electrons. The molecule has 0 aliphatic carbocycles. The molecule has 6 heteroatoms. The summed E-state index contributed by atoms with van der Waals surface area (Å²) in [7, 11) is 1.34. The van der Waals surface area contributed by atoms with Gasteiger partial charge >= 0.3 is 5.97 Å². The van der Waals surface area contributed by atoms with Crippen molar-refractivity contribution in [3.63, 3.8) is 0 Å². The summed E-state index contributed by atoms with van der Waals surface area (Å²) >= 11 is 14.8. The molecule has 3 rings (SSSR count). The number of methoxy groups -OCH3 is 1. The van der Waals surface area contributed by atoms with E-state index in [1.165, 1.54) is 17.6 Å². The molecule has 2 heterocycles. The number of carbonyl (C=O) groups excluding carboxylic acids is 1. The van der Waals surface area contributed by atoms with Gasteiger partial charge in [-0.3, -0.25) is 4.90 Å². The number of rotatable bonds is 3. The van der Waals surface area contributed by atoms with Crippen molar-refractivity contribution in [2.24, 2.45) is 0 Å². The molecule has 0 bridgehead atoms. The molecule has 1 aromatic carbocycles. The Balaban J connectivity index is 2.04. The van der Waals surface area contributed by atoms with E-state index in [0.717, 1.165) is 6.42 Å². The Bertz CT molecular complexity index is 703. The second-order valence-electron chi connectivity index (χ2n) is 5.13. The number of ether oxygens (including phenoxy) is 1. The van der Waals surface area contributed by atoms with E-state index in [1.54, 1.807) is 23.5 Å². The van der Waals surface area contributed by atoms with Gasteiger partial charge in [0.2, 0.25) is 5.00 Å². The predicted molar refractivity (Wildman–Crippen MR) is 89.4 cm³/mol. The fraction of sp³-hybridized carbons (Fsp3) is 0.312. The molecule has 1 aliphatic heterocycles. The maximum absolute atomic E-state index is 12.5. The Kier molecular flexibility index (Phi) is 4.46. The molecule has 0 amide bonds. The highest BCUT2D eigenvalue weighted by atomic mass is 35.5. The lowest BCUT2D eigenvalue weighted by Crippen LogP contribution is -2.50. The van der Waals surface area contributed by atoms with Gasteiger partial charge in [-0.15, -0.1) is 11.3 Å². The summed E-state index contributed by atoms with van der Waals surface area (Å²) in [4.78, 5) is 14.3. The number of hydrogen-bond donors (Lipinski definition) is 0. The number of benzene rings is 1. The summed E-state index contributed by atoms with van der Waals surface area (Å²) < 4.78 is 4.98. The lowest BCUT2D eigenvalue weighted by Gasteiger charge is -2.39.